The number of furan rings is 1. The fraction of sp³-hybridized carbons (Fsp3) is 0.632. The number of hydrogen-bond acceptors (Lipinski definition) is 4. The summed E-state index contributed by atoms with van der Waals surface area (Å²) in [4.78, 5) is 19.8. The van der Waals surface area contributed by atoms with E-state index in [4.69, 9.17) is 9.40 Å². The molecule has 5 rings (SSSR count). The number of amides is 1. The van der Waals surface area contributed by atoms with Crippen LogP contribution in [0, 0.1) is 25.7 Å². The van der Waals surface area contributed by atoms with Crippen LogP contribution in [0.4, 0.5) is 0 Å². The first-order chi connectivity index (χ1) is 12.1. The van der Waals surface area contributed by atoms with Crippen LogP contribution < -0.4 is 0 Å². The van der Waals surface area contributed by atoms with Gasteiger partial charge in [0.15, 0.2) is 5.82 Å². The molecule has 2 saturated carbocycles. The molecule has 0 spiro atoms. The Morgan fingerprint density at radius 2 is 2.04 bits per heavy atom. The van der Waals surface area contributed by atoms with E-state index in [1.54, 1.807) is 6.26 Å². The Morgan fingerprint density at radius 1 is 1.24 bits per heavy atom. The second kappa shape index (κ2) is 5.44. The highest BCUT2D eigenvalue weighted by atomic mass is 16.3. The summed E-state index contributed by atoms with van der Waals surface area (Å²) in [6, 6.07) is 0. The number of carbonyl (C=O) groups is 1. The zero-order chi connectivity index (χ0) is 17.1. The lowest BCUT2D eigenvalue weighted by molar-refractivity contribution is 0.0782. The SMILES string of the molecule is Cc1coc(C)c1C(=O)N1C[C@H](c2nc(C3CC3)n[nH]2)[C@@H](C2CC2)C1. The first kappa shape index (κ1) is 15.2. The molecule has 25 heavy (non-hydrogen) atoms. The van der Waals surface area contributed by atoms with E-state index in [0.29, 0.717) is 17.6 Å². The van der Waals surface area contributed by atoms with Crippen LogP contribution in [0.2, 0.25) is 0 Å². The van der Waals surface area contributed by atoms with Crippen molar-refractivity contribution in [2.75, 3.05) is 13.1 Å². The van der Waals surface area contributed by atoms with Gasteiger partial charge in [-0.05, 0) is 51.4 Å². The van der Waals surface area contributed by atoms with Crippen LogP contribution in [0.15, 0.2) is 10.7 Å². The number of nitrogens with one attached hydrogen (secondary N) is 1. The lowest BCUT2D eigenvalue weighted by Gasteiger charge is -2.16. The summed E-state index contributed by atoms with van der Waals surface area (Å²) >= 11 is 0. The van der Waals surface area contributed by atoms with E-state index in [2.05, 4.69) is 10.2 Å². The molecule has 3 fully saturated rings. The predicted octanol–water partition coefficient (Wildman–Crippen LogP) is 3.16. The average molecular weight is 340 g/mol. The second-order valence-corrected chi connectivity index (χ2v) is 8.02. The third-order valence-electron chi connectivity index (χ3n) is 6.07. The Kier molecular flexibility index (Phi) is 3.30. The van der Waals surface area contributed by atoms with Gasteiger partial charge in [-0.3, -0.25) is 9.89 Å². The Hall–Kier alpha value is -2.11. The molecular weight excluding hydrogens is 316 g/mol. The number of aromatic nitrogens is 3. The smallest absolute Gasteiger partial charge is 0.257 e. The quantitative estimate of drug-likeness (QED) is 0.928. The number of nitrogens with zero attached hydrogens (tertiary/aromatic N) is 3. The number of carbonyl (C=O) groups excluding carboxylic acids is 1. The molecule has 0 bridgehead atoms. The zero-order valence-electron chi connectivity index (χ0n) is 14.8. The van der Waals surface area contributed by atoms with Crippen molar-refractivity contribution in [3.05, 3.63) is 34.8 Å². The number of likely N-dealkylation sites (tertiary alicyclic amines) is 1. The summed E-state index contributed by atoms with van der Waals surface area (Å²) in [6.45, 7) is 5.35. The molecule has 6 heteroatoms. The molecule has 1 saturated heterocycles. The largest absolute Gasteiger partial charge is 0.469 e. The van der Waals surface area contributed by atoms with Gasteiger partial charge in [0.25, 0.3) is 5.91 Å². The maximum absolute atomic E-state index is 13.1. The number of H-pyrrole nitrogens is 1. The van der Waals surface area contributed by atoms with Gasteiger partial charge in [0.1, 0.15) is 11.6 Å². The number of hydrogen-bond donors (Lipinski definition) is 1. The van der Waals surface area contributed by atoms with Crippen LogP contribution in [-0.2, 0) is 0 Å². The maximum atomic E-state index is 13.1. The first-order valence-corrected chi connectivity index (χ1v) is 9.38. The minimum atomic E-state index is 0.0961. The van der Waals surface area contributed by atoms with Crippen molar-refractivity contribution >= 4 is 5.91 Å². The summed E-state index contributed by atoms with van der Waals surface area (Å²) in [5, 5.41) is 7.61. The molecule has 0 radical (unpaired) electrons. The molecule has 2 aromatic heterocycles. The van der Waals surface area contributed by atoms with E-state index >= 15 is 0 Å². The lowest BCUT2D eigenvalue weighted by Crippen LogP contribution is -2.29. The van der Waals surface area contributed by atoms with Crippen LogP contribution in [0.5, 0.6) is 0 Å². The Balaban J connectivity index is 1.41. The second-order valence-electron chi connectivity index (χ2n) is 8.02. The number of rotatable bonds is 4. The van der Waals surface area contributed by atoms with Crippen LogP contribution in [0.1, 0.15) is 70.8 Å². The normalized spacial score (nSPS) is 26.4. The average Bonchev–Trinajstić information content (AvgIpc) is 3.51. The van der Waals surface area contributed by atoms with Gasteiger partial charge in [0.05, 0.1) is 11.8 Å². The molecule has 2 aliphatic carbocycles. The molecule has 2 atom stereocenters. The van der Waals surface area contributed by atoms with Gasteiger partial charge in [0.2, 0.25) is 0 Å². The van der Waals surface area contributed by atoms with Crippen LogP contribution in [0.3, 0.4) is 0 Å². The molecule has 2 aromatic rings. The fourth-order valence-electron chi connectivity index (χ4n) is 4.31. The maximum Gasteiger partial charge on any atom is 0.257 e. The van der Waals surface area contributed by atoms with Gasteiger partial charge in [0, 0.05) is 30.5 Å². The van der Waals surface area contributed by atoms with Gasteiger partial charge >= 0.3 is 0 Å². The van der Waals surface area contributed by atoms with Crippen LogP contribution in [0.25, 0.3) is 0 Å². The highest BCUT2D eigenvalue weighted by molar-refractivity contribution is 5.96. The third-order valence-corrected chi connectivity index (χ3v) is 6.07. The van der Waals surface area contributed by atoms with Crippen molar-refractivity contribution in [2.45, 2.75) is 51.4 Å². The first-order valence-electron chi connectivity index (χ1n) is 9.38. The van der Waals surface area contributed by atoms with E-state index in [-0.39, 0.29) is 11.8 Å². The third kappa shape index (κ3) is 2.58. The molecule has 0 unspecified atom stereocenters. The zero-order valence-corrected chi connectivity index (χ0v) is 14.8. The molecule has 1 amide bonds. The van der Waals surface area contributed by atoms with Crippen molar-refractivity contribution in [3.8, 4) is 0 Å². The molecule has 3 aliphatic rings. The van der Waals surface area contributed by atoms with Gasteiger partial charge in [-0.15, -0.1) is 0 Å². The standard InChI is InChI=1S/C19H24N4O2/c1-10-9-25-11(2)16(10)19(24)23-7-14(12-3-4-12)15(8-23)18-20-17(21-22-18)13-5-6-13/h9,12-15H,3-8H2,1-2H3,(H,20,21,22)/t14-,15+/m1/s1. The van der Waals surface area contributed by atoms with E-state index < -0.39 is 0 Å². The molecular formula is C19H24N4O2. The van der Waals surface area contributed by atoms with Crippen LogP contribution >= 0.6 is 0 Å². The molecule has 6 nitrogen and oxygen atoms in total. The highest BCUT2D eigenvalue weighted by Gasteiger charge is 2.46. The van der Waals surface area contributed by atoms with Crippen molar-refractivity contribution in [1.29, 1.82) is 0 Å². The van der Waals surface area contributed by atoms with Crippen molar-refractivity contribution in [3.63, 3.8) is 0 Å². The van der Waals surface area contributed by atoms with Gasteiger partial charge in [-0.2, -0.15) is 5.10 Å². The minimum absolute atomic E-state index is 0.0961. The lowest BCUT2D eigenvalue weighted by atomic mass is 9.91. The van der Waals surface area contributed by atoms with E-state index in [1.807, 2.05) is 18.7 Å². The van der Waals surface area contributed by atoms with E-state index in [9.17, 15) is 4.79 Å². The summed E-state index contributed by atoms with van der Waals surface area (Å²) in [7, 11) is 0. The Bertz CT molecular complexity index is 796. The van der Waals surface area contributed by atoms with E-state index in [1.165, 1.54) is 25.7 Å². The molecule has 3 heterocycles. The number of aromatic amines is 1. The summed E-state index contributed by atoms with van der Waals surface area (Å²) in [6.07, 6.45) is 6.63. The minimum Gasteiger partial charge on any atom is -0.469 e. The van der Waals surface area contributed by atoms with Crippen molar-refractivity contribution in [2.24, 2.45) is 11.8 Å². The van der Waals surface area contributed by atoms with Crippen molar-refractivity contribution in [1.82, 2.24) is 20.1 Å². The molecule has 1 aliphatic heterocycles. The van der Waals surface area contributed by atoms with E-state index in [0.717, 1.165) is 41.8 Å². The summed E-state index contributed by atoms with van der Waals surface area (Å²) in [5.41, 5.74) is 1.65. The topological polar surface area (TPSA) is 75.0 Å². The fourth-order valence-corrected chi connectivity index (χ4v) is 4.31. The molecule has 132 valence electrons. The van der Waals surface area contributed by atoms with Gasteiger partial charge in [-0.25, -0.2) is 4.98 Å². The molecule has 1 N–H and O–H groups in total. The Morgan fingerprint density at radius 3 is 2.68 bits per heavy atom. The van der Waals surface area contributed by atoms with Crippen molar-refractivity contribution < 1.29 is 9.21 Å². The monoisotopic (exact) mass is 340 g/mol. The number of aryl methyl sites for hydroxylation is 2. The summed E-state index contributed by atoms with van der Waals surface area (Å²) < 4.78 is 5.43. The van der Waals surface area contributed by atoms with Crippen LogP contribution in [-0.4, -0.2) is 39.1 Å². The molecule has 0 aromatic carbocycles. The summed E-state index contributed by atoms with van der Waals surface area (Å²) in [5.74, 6) is 4.82. The van der Waals surface area contributed by atoms with Gasteiger partial charge in [-0.1, -0.05) is 0 Å². The highest BCUT2D eigenvalue weighted by Crippen LogP contribution is 2.48. The Labute approximate surface area is 147 Å². The predicted molar refractivity (Wildman–Crippen MR) is 91.4 cm³/mol. The van der Waals surface area contributed by atoms with Gasteiger partial charge < -0.3 is 9.32 Å².